The Balaban J connectivity index is 1.35. The van der Waals surface area contributed by atoms with E-state index in [1.54, 1.807) is 23.2 Å². The molecule has 8 heteroatoms. The summed E-state index contributed by atoms with van der Waals surface area (Å²) in [4.78, 5) is 30.7. The molecule has 5 rings (SSSR count). The summed E-state index contributed by atoms with van der Waals surface area (Å²) >= 11 is 1.41. The number of fused-ring (bicyclic) bond motifs is 1. The maximum Gasteiger partial charge on any atom is 0.257 e. The fourth-order valence-electron chi connectivity index (χ4n) is 4.61. The molecule has 0 saturated carbocycles. The summed E-state index contributed by atoms with van der Waals surface area (Å²) in [6.07, 6.45) is 1.67. The molecule has 1 amide bonds. The quantitative estimate of drug-likeness (QED) is 0.645. The molecule has 0 N–H and O–H groups in total. The SMILES string of the molecule is Cc1cc(C)nc(N2CC3CN(C(=O)c4c(F)cccc4-c4nccs4)CC3C2)n1. The van der Waals surface area contributed by atoms with E-state index in [0.717, 1.165) is 30.4 Å². The fourth-order valence-corrected chi connectivity index (χ4v) is 5.27. The van der Waals surface area contributed by atoms with Gasteiger partial charge in [-0.15, -0.1) is 11.3 Å². The second-order valence-electron chi connectivity index (χ2n) is 8.09. The molecule has 30 heavy (non-hydrogen) atoms. The van der Waals surface area contributed by atoms with Crippen LogP contribution < -0.4 is 4.90 Å². The topological polar surface area (TPSA) is 62.2 Å². The number of benzene rings is 1. The zero-order valence-electron chi connectivity index (χ0n) is 16.9. The number of halogens is 1. The smallest absolute Gasteiger partial charge is 0.257 e. The molecule has 2 aromatic heterocycles. The van der Waals surface area contributed by atoms with E-state index in [2.05, 4.69) is 19.9 Å². The van der Waals surface area contributed by atoms with Gasteiger partial charge in [-0.1, -0.05) is 12.1 Å². The number of amides is 1. The molecule has 1 aromatic carbocycles. The van der Waals surface area contributed by atoms with E-state index in [0.29, 0.717) is 35.5 Å². The van der Waals surface area contributed by atoms with Gasteiger partial charge in [0.05, 0.1) is 5.56 Å². The first-order valence-corrected chi connectivity index (χ1v) is 10.9. The van der Waals surface area contributed by atoms with Crippen molar-refractivity contribution in [1.29, 1.82) is 0 Å². The van der Waals surface area contributed by atoms with Crippen LogP contribution in [0.2, 0.25) is 0 Å². The number of thiazole rings is 1. The van der Waals surface area contributed by atoms with E-state index in [1.165, 1.54) is 17.4 Å². The van der Waals surface area contributed by atoms with Crippen LogP contribution >= 0.6 is 11.3 Å². The van der Waals surface area contributed by atoms with Gasteiger partial charge < -0.3 is 9.80 Å². The average molecular weight is 424 g/mol. The van der Waals surface area contributed by atoms with Crippen molar-refractivity contribution in [2.24, 2.45) is 11.8 Å². The van der Waals surface area contributed by atoms with Gasteiger partial charge in [0.15, 0.2) is 0 Å². The number of likely N-dealkylation sites (tertiary alicyclic amines) is 1. The van der Waals surface area contributed by atoms with Crippen LogP contribution in [0.5, 0.6) is 0 Å². The summed E-state index contributed by atoms with van der Waals surface area (Å²) in [6, 6.07) is 6.71. The highest BCUT2D eigenvalue weighted by Crippen LogP contribution is 2.35. The minimum atomic E-state index is -0.491. The van der Waals surface area contributed by atoms with Crippen molar-refractivity contribution in [3.05, 3.63) is 58.6 Å². The Bertz CT molecular complexity index is 1070. The molecular weight excluding hydrogens is 401 g/mol. The van der Waals surface area contributed by atoms with Crippen molar-refractivity contribution >= 4 is 23.2 Å². The lowest BCUT2D eigenvalue weighted by atomic mass is 10.0. The van der Waals surface area contributed by atoms with E-state index >= 15 is 0 Å². The molecule has 0 bridgehead atoms. The van der Waals surface area contributed by atoms with Gasteiger partial charge in [-0.25, -0.2) is 19.3 Å². The normalized spacial score (nSPS) is 20.6. The predicted octanol–water partition coefficient (Wildman–Crippen LogP) is 3.56. The van der Waals surface area contributed by atoms with Gasteiger partial charge in [-0.05, 0) is 26.0 Å². The van der Waals surface area contributed by atoms with Crippen molar-refractivity contribution in [3.8, 4) is 10.6 Å². The number of anilines is 1. The molecule has 154 valence electrons. The lowest BCUT2D eigenvalue weighted by Gasteiger charge is -2.23. The fraction of sp³-hybridized carbons (Fsp3) is 0.364. The Morgan fingerprint density at radius 2 is 1.80 bits per heavy atom. The van der Waals surface area contributed by atoms with E-state index in [1.807, 2.05) is 25.3 Å². The number of aryl methyl sites for hydroxylation is 2. The lowest BCUT2D eigenvalue weighted by Crippen LogP contribution is -2.34. The van der Waals surface area contributed by atoms with Crippen LogP contribution in [0.1, 0.15) is 21.7 Å². The zero-order valence-corrected chi connectivity index (χ0v) is 17.7. The number of nitrogens with zero attached hydrogens (tertiary/aromatic N) is 5. The Kier molecular flexibility index (Phi) is 4.73. The monoisotopic (exact) mass is 423 g/mol. The van der Waals surface area contributed by atoms with Gasteiger partial charge in [0.2, 0.25) is 5.95 Å². The number of rotatable bonds is 3. The lowest BCUT2D eigenvalue weighted by molar-refractivity contribution is 0.0778. The van der Waals surface area contributed by atoms with Crippen molar-refractivity contribution in [1.82, 2.24) is 19.9 Å². The molecule has 4 heterocycles. The molecule has 0 aliphatic carbocycles. The Morgan fingerprint density at radius 3 is 2.43 bits per heavy atom. The Hall–Kier alpha value is -2.87. The van der Waals surface area contributed by atoms with Crippen molar-refractivity contribution in [2.45, 2.75) is 13.8 Å². The van der Waals surface area contributed by atoms with Crippen LogP contribution in [0.15, 0.2) is 35.8 Å². The second kappa shape index (κ2) is 7.43. The van der Waals surface area contributed by atoms with E-state index in [4.69, 9.17) is 0 Å². The van der Waals surface area contributed by atoms with Gasteiger partial charge in [-0.2, -0.15) is 0 Å². The number of aromatic nitrogens is 3. The highest BCUT2D eigenvalue weighted by atomic mass is 32.1. The van der Waals surface area contributed by atoms with Crippen molar-refractivity contribution < 1.29 is 9.18 Å². The summed E-state index contributed by atoms with van der Waals surface area (Å²) in [6.45, 7) is 6.82. The van der Waals surface area contributed by atoms with Gasteiger partial charge >= 0.3 is 0 Å². The standard InChI is InChI=1S/C22H22FN5OS/c1-13-8-14(2)26-22(25-13)28-11-15-9-27(10-16(15)12-28)21(29)19-17(4-3-5-18(19)23)20-24-6-7-30-20/h3-8,15-16H,9-12H2,1-2H3. The van der Waals surface area contributed by atoms with E-state index in [9.17, 15) is 9.18 Å². The number of carbonyl (C=O) groups is 1. The molecule has 2 fully saturated rings. The molecule has 2 aliphatic heterocycles. The van der Waals surface area contributed by atoms with E-state index < -0.39 is 5.82 Å². The highest BCUT2D eigenvalue weighted by molar-refractivity contribution is 7.13. The van der Waals surface area contributed by atoms with Gasteiger partial charge in [0.25, 0.3) is 5.91 Å². The van der Waals surface area contributed by atoms with Crippen LogP contribution in [0.25, 0.3) is 10.6 Å². The minimum Gasteiger partial charge on any atom is -0.340 e. The number of hydrogen-bond acceptors (Lipinski definition) is 6. The molecular formula is C22H22FN5OS. The molecule has 2 atom stereocenters. The third kappa shape index (κ3) is 3.35. The summed E-state index contributed by atoms with van der Waals surface area (Å²) < 4.78 is 14.7. The Morgan fingerprint density at radius 1 is 1.10 bits per heavy atom. The number of hydrogen-bond donors (Lipinski definition) is 0. The van der Waals surface area contributed by atoms with Crippen LogP contribution in [0.4, 0.5) is 10.3 Å². The molecule has 0 radical (unpaired) electrons. The molecule has 6 nitrogen and oxygen atoms in total. The molecule has 2 aliphatic rings. The largest absolute Gasteiger partial charge is 0.340 e. The first-order chi connectivity index (χ1) is 14.5. The summed E-state index contributed by atoms with van der Waals surface area (Å²) in [5.74, 6) is 0.707. The summed E-state index contributed by atoms with van der Waals surface area (Å²) in [5, 5.41) is 2.49. The van der Waals surface area contributed by atoms with Crippen LogP contribution in [0.3, 0.4) is 0 Å². The summed E-state index contributed by atoms with van der Waals surface area (Å²) in [7, 11) is 0. The van der Waals surface area contributed by atoms with Gasteiger partial charge in [-0.3, -0.25) is 4.79 Å². The van der Waals surface area contributed by atoms with Crippen LogP contribution in [-0.2, 0) is 0 Å². The summed E-state index contributed by atoms with van der Waals surface area (Å²) in [5.41, 5.74) is 2.61. The van der Waals surface area contributed by atoms with E-state index in [-0.39, 0.29) is 11.5 Å². The first kappa shape index (κ1) is 19.1. The first-order valence-electron chi connectivity index (χ1n) is 10.0. The molecule has 3 aromatic rings. The highest BCUT2D eigenvalue weighted by Gasteiger charge is 2.43. The van der Waals surface area contributed by atoms with Crippen LogP contribution in [-0.4, -0.2) is 51.9 Å². The molecule has 2 saturated heterocycles. The third-order valence-electron chi connectivity index (χ3n) is 5.92. The van der Waals surface area contributed by atoms with Crippen LogP contribution in [0, 0.1) is 31.5 Å². The third-order valence-corrected chi connectivity index (χ3v) is 6.72. The number of carbonyl (C=O) groups excluding carboxylic acids is 1. The average Bonchev–Trinajstić information content (AvgIpc) is 3.43. The van der Waals surface area contributed by atoms with Crippen molar-refractivity contribution in [3.63, 3.8) is 0 Å². The predicted molar refractivity (Wildman–Crippen MR) is 114 cm³/mol. The van der Waals surface area contributed by atoms with Gasteiger partial charge in [0, 0.05) is 66.5 Å². The Labute approximate surface area is 178 Å². The van der Waals surface area contributed by atoms with Crippen molar-refractivity contribution in [2.75, 3.05) is 31.1 Å². The second-order valence-corrected chi connectivity index (χ2v) is 8.98. The maximum absolute atomic E-state index is 14.7. The molecule has 2 unspecified atom stereocenters. The minimum absolute atomic E-state index is 0.127. The maximum atomic E-state index is 14.7. The zero-order chi connectivity index (χ0) is 20.8. The van der Waals surface area contributed by atoms with Gasteiger partial charge in [0.1, 0.15) is 10.8 Å². The molecule has 0 spiro atoms.